The molecule has 0 saturated heterocycles. The maximum Gasteiger partial charge on any atom is 0.326 e. The van der Waals surface area contributed by atoms with Crippen molar-refractivity contribution in [1.82, 2.24) is 20.9 Å². The summed E-state index contributed by atoms with van der Waals surface area (Å²) in [6, 6.07) is 2.71. The van der Waals surface area contributed by atoms with Crippen LogP contribution in [0.1, 0.15) is 50.5 Å². The minimum atomic E-state index is -1.68. The molecule has 41 heavy (non-hydrogen) atoms. The van der Waals surface area contributed by atoms with Crippen LogP contribution in [-0.4, -0.2) is 82.1 Å². The van der Waals surface area contributed by atoms with Gasteiger partial charge in [0, 0.05) is 17.1 Å². The van der Waals surface area contributed by atoms with Crippen LogP contribution < -0.4 is 33.2 Å². The molecule has 0 aliphatic heterocycles. The van der Waals surface area contributed by atoms with Crippen molar-refractivity contribution in [3.63, 3.8) is 0 Å². The van der Waals surface area contributed by atoms with Crippen molar-refractivity contribution in [2.45, 2.75) is 75.5 Å². The number of H-pyrrole nitrogens is 1. The fourth-order valence-electron chi connectivity index (χ4n) is 4.35. The number of carboxylic acids is 2. The zero-order valence-electron chi connectivity index (χ0n) is 22.9. The quantitative estimate of drug-likeness (QED) is 0.0952. The van der Waals surface area contributed by atoms with Gasteiger partial charge in [0.05, 0.1) is 12.5 Å². The van der Waals surface area contributed by atoms with E-state index in [1.165, 1.54) is 0 Å². The van der Waals surface area contributed by atoms with Gasteiger partial charge >= 0.3 is 11.9 Å². The summed E-state index contributed by atoms with van der Waals surface area (Å²) in [5, 5.41) is 26.7. The Morgan fingerprint density at radius 1 is 0.780 bits per heavy atom. The van der Waals surface area contributed by atoms with Gasteiger partial charge in [0.15, 0.2) is 0 Å². The van der Waals surface area contributed by atoms with Crippen LogP contribution in [-0.2, 0) is 30.4 Å². The van der Waals surface area contributed by atoms with E-state index >= 15 is 0 Å². The van der Waals surface area contributed by atoms with Gasteiger partial charge in [0.1, 0.15) is 18.1 Å². The van der Waals surface area contributed by atoms with Gasteiger partial charge in [-0.25, -0.2) is 4.79 Å². The summed E-state index contributed by atoms with van der Waals surface area (Å²) in [5.41, 5.74) is 19.1. The smallest absolute Gasteiger partial charge is 0.326 e. The summed E-state index contributed by atoms with van der Waals surface area (Å²) in [4.78, 5) is 64.9. The monoisotopic (exact) mass is 575 g/mol. The Labute approximate surface area is 237 Å². The summed E-state index contributed by atoms with van der Waals surface area (Å²) < 4.78 is 0. The third kappa shape index (κ3) is 10.8. The number of hydrogen-bond donors (Lipinski definition) is 9. The summed E-state index contributed by atoms with van der Waals surface area (Å²) in [7, 11) is 0. The van der Waals surface area contributed by atoms with Gasteiger partial charge in [-0.15, -0.1) is 0 Å². The standard InChI is InChI=1S/C27H41N7O7/c28-11-5-3-9-20(32-24(37)18(30)13-16-15-31-19-8-2-1-7-17(16)19)25(38)33-21(10-4-6-12-29)26(39)34-22(27(40)41)14-23(35)36/h1-2,7-8,15,18,20-22,31H,3-6,9-14,28-30H2,(H,32,37)(H,33,38)(H,34,39)(H,35,36)(H,40,41). The van der Waals surface area contributed by atoms with Crippen molar-refractivity contribution >= 4 is 40.6 Å². The lowest BCUT2D eigenvalue weighted by Gasteiger charge is -2.25. The number of aromatic nitrogens is 1. The van der Waals surface area contributed by atoms with Gasteiger partial charge in [-0.3, -0.25) is 19.2 Å². The van der Waals surface area contributed by atoms with Crippen LogP contribution in [0.4, 0.5) is 0 Å². The van der Waals surface area contributed by atoms with E-state index in [0.29, 0.717) is 38.8 Å². The second-order valence-electron chi connectivity index (χ2n) is 9.86. The molecule has 0 fully saturated rings. The lowest BCUT2D eigenvalue weighted by atomic mass is 10.0. The van der Waals surface area contributed by atoms with Crippen molar-refractivity contribution in [3.8, 4) is 0 Å². The van der Waals surface area contributed by atoms with E-state index in [1.807, 2.05) is 24.3 Å². The Morgan fingerprint density at radius 3 is 1.85 bits per heavy atom. The average molecular weight is 576 g/mol. The molecule has 3 amide bonds. The number of carboxylic acid groups (broad SMARTS) is 2. The van der Waals surface area contributed by atoms with Crippen LogP contribution >= 0.6 is 0 Å². The number of fused-ring (bicyclic) bond motifs is 1. The second-order valence-corrected chi connectivity index (χ2v) is 9.86. The third-order valence-electron chi connectivity index (χ3n) is 6.60. The molecule has 2 aromatic rings. The number of carbonyl (C=O) groups is 5. The zero-order valence-corrected chi connectivity index (χ0v) is 22.9. The van der Waals surface area contributed by atoms with E-state index in [1.54, 1.807) is 6.20 Å². The van der Waals surface area contributed by atoms with Crippen LogP contribution in [0.5, 0.6) is 0 Å². The zero-order chi connectivity index (χ0) is 30.4. The highest BCUT2D eigenvalue weighted by Gasteiger charge is 2.31. The number of aliphatic carboxylic acids is 2. The van der Waals surface area contributed by atoms with E-state index < -0.39 is 60.2 Å². The molecule has 0 aliphatic rings. The fourth-order valence-corrected chi connectivity index (χ4v) is 4.35. The largest absolute Gasteiger partial charge is 0.481 e. The molecule has 0 spiro atoms. The normalized spacial score (nSPS) is 14.0. The number of nitrogens with two attached hydrogens (primary N) is 3. The molecule has 0 radical (unpaired) electrons. The van der Waals surface area contributed by atoms with Crippen molar-refractivity contribution in [2.75, 3.05) is 13.1 Å². The molecule has 4 unspecified atom stereocenters. The van der Waals surface area contributed by atoms with Crippen LogP contribution in [0.2, 0.25) is 0 Å². The SMILES string of the molecule is NCCCCC(NC(=O)C(N)Cc1c[nH]c2ccccc12)C(=O)NC(CCCCN)C(=O)NC(CC(=O)O)C(=O)O. The molecule has 2 rings (SSSR count). The molecule has 1 aromatic carbocycles. The summed E-state index contributed by atoms with van der Waals surface area (Å²) in [5.74, 6) is -5.00. The van der Waals surface area contributed by atoms with Gasteiger partial charge in [0.2, 0.25) is 17.7 Å². The Morgan fingerprint density at radius 2 is 1.32 bits per heavy atom. The van der Waals surface area contributed by atoms with Crippen LogP contribution in [0, 0.1) is 0 Å². The predicted molar refractivity (Wildman–Crippen MR) is 151 cm³/mol. The molecule has 0 saturated carbocycles. The van der Waals surface area contributed by atoms with E-state index in [0.717, 1.165) is 16.5 Å². The first-order chi connectivity index (χ1) is 19.6. The van der Waals surface area contributed by atoms with Gasteiger partial charge < -0.3 is 48.3 Å². The summed E-state index contributed by atoms with van der Waals surface area (Å²) >= 11 is 0. The van der Waals surface area contributed by atoms with E-state index in [4.69, 9.17) is 22.3 Å². The summed E-state index contributed by atoms with van der Waals surface area (Å²) in [6.07, 6.45) is 3.59. The number of amides is 3. The second kappa shape index (κ2) is 16.9. The number of rotatable bonds is 19. The topological polar surface area (TPSA) is 256 Å². The Balaban J connectivity index is 2.14. The summed E-state index contributed by atoms with van der Waals surface area (Å²) in [6.45, 7) is 0.720. The van der Waals surface area contributed by atoms with Crippen molar-refractivity contribution in [3.05, 3.63) is 36.0 Å². The van der Waals surface area contributed by atoms with Gasteiger partial charge in [-0.05, 0) is 69.7 Å². The van der Waals surface area contributed by atoms with Crippen LogP contribution in [0.15, 0.2) is 30.5 Å². The van der Waals surface area contributed by atoms with E-state index in [9.17, 15) is 29.1 Å². The number of unbranched alkanes of at least 4 members (excludes halogenated alkanes) is 2. The molecule has 0 bridgehead atoms. The lowest BCUT2D eigenvalue weighted by molar-refractivity contribution is -0.147. The predicted octanol–water partition coefficient (Wildman–Crippen LogP) is -0.691. The molecule has 1 heterocycles. The van der Waals surface area contributed by atoms with E-state index in [-0.39, 0.29) is 19.3 Å². The first kappa shape index (κ1) is 33.2. The molecule has 226 valence electrons. The van der Waals surface area contributed by atoms with E-state index in [2.05, 4.69) is 20.9 Å². The van der Waals surface area contributed by atoms with Gasteiger partial charge in [-0.2, -0.15) is 0 Å². The van der Waals surface area contributed by atoms with Gasteiger partial charge in [-0.1, -0.05) is 18.2 Å². The molecule has 14 nitrogen and oxygen atoms in total. The van der Waals surface area contributed by atoms with Gasteiger partial charge in [0.25, 0.3) is 0 Å². The number of para-hydroxylation sites is 1. The lowest BCUT2D eigenvalue weighted by Crippen LogP contribution is -2.57. The Kier molecular flexibility index (Phi) is 13.7. The van der Waals surface area contributed by atoms with Crippen molar-refractivity contribution in [2.24, 2.45) is 17.2 Å². The third-order valence-corrected chi connectivity index (χ3v) is 6.60. The maximum atomic E-state index is 13.3. The van der Waals surface area contributed by atoms with Crippen LogP contribution in [0.3, 0.4) is 0 Å². The number of hydrogen-bond acceptors (Lipinski definition) is 8. The number of nitrogens with one attached hydrogen (secondary N) is 4. The molecule has 0 aliphatic carbocycles. The molecule has 12 N–H and O–H groups in total. The van der Waals surface area contributed by atoms with Crippen LogP contribution in [0.25, 0.3) is 10.9 Å². The fraction of sp³-hybridized carbons (Fsp3) is 0.519. The number of carbonyl (C=O) groups excluding carboxylic acids is 3. The molecule has 4 atom stereocenters. The molecular weight excluding hydrogens is 534 g/mol. The Bertz CT molecular complexity index is 1190. The highest BCUT2D eigenvalue weighted by Crippen LogP contribution is 2.19. The highest BCUT2D eigenvalue weighted by atomic mass is 16.4. The maximum absolute atomic E-state index is 13.3. The van der Waals surface area contributed by atoms with Crippen molar-refractivity contribution < 1.29 is 34.2 Å². The number of benzene rings is 1. The Hall–Kier alpha value is -4.01. The van der Waals surface area contributed by atoms with Crippen molar-refractivity contribution in [1.29, 1.82) is 0 Å². The molecule has 14 heteroatoms. The molecular formula is C27H41N7O7. The molecule has 1 aromatic heterocycles. The first-order valence-electron chi connectivity index (χ1n) is 13.6. The number of aromatic amines is 1. The highest BCUT2D eigenvalue weighted by molar-refractivity contribution is 5.95. The first-order valence-corrected chi connectivity index (χ1v) is 13.6. The minimum Gasteiger partial charge on any atom is -0.481 e. The average Bonchev–Trinajstić information content (AvgIpc) is 3.33. The minimum absolute atomic E-state index is 0.123.